The first-order valence-corrected chi connectivity index (χ1v) is 5.76. The summed E-state index contributed by atoms with van der Waals surface area (Å²) in [5.41, 5.74) is 2.29. The van der Waals surface area contributed by atoms with Gasteiger partial charge < -0.3 is 9.45 Å². The molecule has 0 amide bonds. The van der Waals surface area contributed by atoms with E-state index in [1.54, 1.807) is 0 Å². The summed E-state index contributed by atoms with van der Waals surface area (Å²) in [7, 11) is 1.50. The van der Waals surface area contributed by atoms with Crippen LogP contribution in [0, 0.1) is 0 Å². The smallest absolute Gasteiger partial charge is 0.166 e. The van der Waals surface area contributed by atoms with Crippen LogP contribution in [0.15, 0.2) is 60.8 Å². The molecule has 0 N–H and O–H groups in total. The van der Waals surface area contributed by atoms with Crippen LogP contribution < -0.4 is 4.89 Å². The predicted molar refractivity (Wildman–Crippen MR) is 70.9 cm³/mol. The highest BCUT2D eigenvalue weighted by atomic mass is 17.2. The van der Waals surface area contributed by atoms with Gasteiger partial charge >= 0.3 is 0 Å². The third-order valence-electron chi connectivity index (χ3n) is 2.88. The van der Waals surface area contributed by atoms with Gasteiger partial charge in [-0.2, -0.15) is 4.89 Å². The van der Waals surface area contributed by atoms with E-state index < -0.39 is 0 Å². The van der Waals surface area contributed by atoms with E-state index in [2.05, 4.69) is 33.9 Å². The Morgan fingerprint density at radius 3 is 2.56 bits per heavy atom. The highest BCUT2D eigenvalue weighted by Crippen LogP contribution is 2.24. The molecule has 90 valence electrons. The van der Waals surface area contributed by atoms with E-state index in [0.717, 1.165) is 16.6 Å². The van der Waals surface area contributed by atoms with Gasteiger partial charge in [-0.3, -0.25) is 0 Å². The minimum atomic E-state index is 0.704. The van der Waals surface area contributed by atoms with Gasteiger partial charge in [0.15, 0.2) is 5.75 Å². The second kappa shape index (κ2) is 4.55. The zero-order valence-electron chi connectivity index (χ0n) is 10.0. The first-order valence-electron chi connectivity index (χ1n) is 5.76. The molecule has 1 heterocycles. The minimum absolute atomic E-state index is 0.704. The van der Waals surface area contributed by atoms with E-state index in [4.69, 9.17) is 4.89 Å². The molecule has 0 saturated heterocycles. The molecule has 18 heavy (non-hydrogen) atoms. The van der Waals surface area contributed by atoms with Gasteiger partial charge in [-0.05, 0) is 36.4 Å². The monoisotopic (exact) mass is 239 g/mol. The lowest BCUT2D eigenvalue weighted by atomic mass is 10.2. The van der Waals surface area contributed by atoms with Gasteiger partial charge in [0, 0.05) is 17.3 Å². The van der Waals surface area contributed by atoms with Crippen LogP contribution in [0.5, 0.6) is 5.75 Å². The van der Waals surface area contributed by atoms with E-state index in [9.17, 15) is 0 Å². The SMILES string of the molecule is COOc1ccc2c(ccn2-c2ccccc2)c1. The van der Waals surface area contributed by atoms with Gasteiger partial charge in [0.1, 0.15) is 0 Å². The Balaban J connectivity index is 2.10. The van der Waals surface area contributed by atoms with E-state index in [0.29, 0.717) is 5.75 Å². The summed E-state index contributed by atoms with van der Waals surface area (Å²) in [6, 6.07) is 18.2. The summed E-state index contributed by atoms with van der Waals surface area (Å²) in [5, 5.41) is 1.12. The molecule has 3 heteroatoms. The number of fused-ring (bicyclic) bond motifs is 1. The topological polar surface area (TPSA) is 23.4 Å². The third-order valence-corrected chi connectivity index (χ3v) is 2.88. The summed E-state index contributed by atoms with van der Waals surface area (Å²) >= 11 is 0. The first-order chi connectivity index (χ1) is 8.88. The van der Waals surface area contributed by atoms with Crippen molar-refractivity contribution in [1.82, 2.24) is 4.57 Å². The zero-order valence-corrected chi connectivity index (χ0v) is 10.0. The molecule has 0 aliphatic rings. The molecular weight excluding hydrogens is 226 g/mol. The average Bonchev–Trinajstić information content (AvgIpc) is 2.83. The average molecular weight is 239 g/mol. The van der Waals surface area contributed by atoms with Crippen molar-refractivity contribution in [3.63, 3.8) is 0 Å². The number of para-hydroxylation sites is 1. The molecule has 0 atom stereocenters. The van der Waals surface area contributed by atoms with E-state index in [-0.39, 0.29) is 0 Å². The van der Waals surface area contributed by atoms with Crippen molar-refractivity contribution in [3.05, 3.63) is 60.8 Å². The van der Waals surface area contributed by atoms with Crippen LogP contribution in [0.4, 0.5) is 0 Å². The van der Waals surface area contributed by atoms with Crippen molar-refractivity contribution in [1.29, 1.82) is 0 Å². The van der Waals surface area contributed by atoms with Crippen LogP contribution in [0.1, 0.15) is 0 Å². The van der Waals surface area contributed by atoms with Crippen molar-refractivity contribution in [2.45, 2.75) is 0 Å². The maximum absolute atomic E-state index is 5.02. The summed E-state index contributed by atoms with van der Waals surface area (Å²) in [6.45, 7) is 0. The highest BCUT2D eigenvalue weighted by molar-refractivity contribution is 5.83. The molecule has 0 spiro atoms. The Labute approximate surface area is 105 Å². The van der Waals surface area contributed by atoms with Gasteiger partial charge in [0.05, 0.1) is 12.6 Å². The van der Waals surface area contributed by atoms with Crippen LogP contribution in [0.3, 0.4) is 0 Å². The molecule has 3 rings (SSSR count). The van der Waals surface area contributed by atoms with Gasteiger partial charge in [-0.1, -0.05) is 18.2 Å². The molecule has 1 aromatic heterocycles. The molecule has 0 bridgehead atoms. The standard InChI is InChI=1S/C15H13NO2/c1-17-18-14-7-8-15-12(11-14)9-10-16(15)13-5-3-2-4-6-13/h2-11H,1H3. The molecule has 0 aliphatic carbocycles. The molecule has 2 aromatic carbocycles. The van der Waals surface area contributed by atoms with E-state index >= 15 is 0 Å². The van der Waals surface area contributed by atoms with E-state index in [1.807, 2.05) is 36.4 Å². The maximum Gasteiger partial charge on any atom is 0.166 e. The van der Waals surface area contributed by atoms with Crippen LogP contribution in [0.2, 0.25) is 0 Å². The van der Waals surface area contributed by atoms with Crippen LogP contribution in [0.25, 0.3) is 16.6 Å². The van der Waals surface area contributed by atoms with Gasteiger partial charge in [-0.15, -0.1) is 0 Å². The van der Waals surface area contributed by atoms with Crippen molar-refractivity contribution >= 4 is 10.9 Å². The lowest BCUT2D eigenvalue weighted by Crippen LogP contribution is -1.92. The van der Waals surface area contributed by atoms with Crippen LogP contribution in [-0.4, -0.2) is 11.7 Å². The number of aromatic nitrogens is 1. The summed E-state index contributed by atoms with van der Waals surface area (Å²) in [5.74, 6) is 0.704. The van der Waals surface area contributed by atoms with Gasteiger partial charge in [-0.25, -0.2) is 0 Å². The second-order valence-corrected chi connectivity index (χ2v) is 3.99. The van der Waals surface area contributed by atoms with Crippen LogP contribution in [-0.2, 0) is 4.89 Å². The lowest BCUT2D eigenvalue weighted by Gasteiger charge is -2.05. The predicted octanol–water partition coefficient (Wildman–Crippen LogP) is 3.57. The normalized spacial score (nSPS) is 10.7. The molecule has 0 unspecified atom stereocenters. The van der Waals surface area contributed by atoms with Crippen LogP contribution >= 0.6 is 0 Å². The quantitative estimate of drug-likeness (QED) is 0.515. The van der Waals surface area contributed by atoms with Crippen molar-refractivity contribution < 1.29 is 9.78 Å². The second-order valence-electron chi connectivity index (χ2n) is 3.99. The molecule has 0 fully saturated rings. The maximum atomic E-state index is 5.02. The Hall–Kier alpha value is -2.26. The third kappa shape index (κ3) is 1.85. The van der Waals surface area contributed by atoms with E-state index in [1.165, 1.54) is 7.11 Å². The lowest BCUT2D eigenvalue weighted by molar-refractivity contribution is -0.178. The van der Waals surface area contributed by atoms with Gasteiger partial charge in [0.25, 0.3) is 0 Å². The van der Waals surface area contributed by atoms with Crippen molar-refractivity contribution in [3.8, 4) is 11.4 Å². The molecule has 3 nitrogen and oxygen atoms in total. The number of nitrogens with zero attached hydrogens (tertiary/aromatic N) is 1. The number of hydrogen-bond acceptors (Lipinski definition) is 2. The number of hydrogen-bond donors (Lipinski definition) is 0. The van der Waals surface area contributed by atoms with Crippen molar-refractivity contribution in [2.24, 2.45) is 0 Å². The summed E-state index contributed by atoms with van der Waals surface area (Å²) in [6.07, 6.45) is 2.05. The highest BCUT2D eigenvalue weighted by Gasteiger charge is 2.04. The summed E-state index contributed by atoms with van der Waals surface area (Å²) < 4.78 is 2.14. The summed E-state index contributed by atoms with van der Waals surface area (Å²) in [4.78, 5) is 9.68. The number of benzene rings is 2. The largest absolute Gasteiger partial charge is 0.338 e. The molecule has 0 radical (unpaired) electrons. The fourth-order valence-corrected chi connectivity index (χ4v) is 2.08. The fraction of sp³-hybridized carbons (Fsp3) is 0.0667. The zero-order chi connectivity index (χ0) is 12.4. The molecular formula is C15H13NO2. The first kappa shape index (κ1) is 10.9. The Morgan fingerprint density at radius 1 is 0.944 bits per heavy atom. The Bertz CT molecular complexity index is 659. The molecule has 0 aliphatic heterocycles. The van der Waals surface area contributed by atoms with Gasteiger partial charge in [0.2, 0.25) is 0 Å². The number of rotatable bonds is 3. The fourth-order valence-electron chi connectivity index (χ4n) is 2.08. The Kier molecular flexibility index (Phi) is 2.74. The minimum Gasteiger partial charge on any atom is -0.338 e. The Morgan fingerprint density at radius 2 is 1.78 bits per heavy atom. The molecule has 0 saturated carbocycles. The molecule has 3 aromatic rings. The van der Waals surface area contributed by atoms with Crippen molar-refractivity contribution in [2.75, 3.05) is 7.11 Å².